The Morgan fingerprint density at radius 1 is 0.833 bits per heavy atom. The number of nitrogens with two attached hydrogens (primary N) is 1. The lowest BCUT2D eigenvalue weighted by molar-refractivity contribution is -0.125. The second kappa shape index (κ2) is 9.20. The van der Waals surface area contributed by atoms with Gasteiger partial charge in [-0.2, -0.15) is 0 Å². The maximum Gasteiger partial charge on any atom is 0.220 e. The normalized spacial score (nSPS) is 39.3. The first-order valence-corrected chi connectivity index (χ1v) is 11.5. The quantitative estimate of drug-likeness (QED) is 0.375. The van der Waals surface area contributed by atoms with E-state index in [1.54, 1.807) is 0 Å². The Kier molecular flexibility index (Phi) is 7.26. The smallest absolute Gasteiger partial charge is 0.220 e. The Bertz CT molecular complexity index is 402. The first kappa shape index (κ1) is 18.9. The molecule has 3 atom stereocenters. The van der Waals surface area contributed by atoms with Crippen LogP contribution in [0.4, 0.5) is 0 Å². The van der Waals surface area contributed by atoms with Crippen molar-refractivity contribution < 1.29 is 9.53 Å². The van der Waals surface area contributed by atoms with Crippen molar-refractivity contribution in [2.24, 2.45) is 23.5 Å². The molecule has 3 rings (SSSR count). The number of halogens is 1. The summed E-state index contributed by atoms with van der Waals surface area (Å²) in [6.45, 7) is 0. The third kappa shape index (κ3) is 5.09. The Morgan fingerprint density at radius 2 is 1.50 bits per heavy atom. The van der Waals surface area contributed by atoms with Crippen LogP contribution in [0.15, 0.2) is 0 Å². The number of hydrogen-bond acceptors (Lipinski definition) is 2. The van der Waals surface area contributed by atoms with Crippen LogP contribution in [0.5, 0.6) is 0 Å². The summed E-state index contributed by atoms with van der Waals surface area (Å²) in [6, 6.07) is 0. The van der Waals surface area contributed by atoms with Gasteiger partial charge in [0, 0.05) is 9.84 Å². The Labute approximate surface area is 161 Å². The van der Waals surface area contributed by atoms with Crippen molar-refractivity contribution >= 4 is 28.5 Å². The molecule has 2 unspecified atom stereocenters. The van der Waals surface area contributed by atoms with Crippen molar-refractivity contribution in [1.82, 2.24) is 0 Å². The van der Waals surface area contributed by atoms with E-state index in [0.29, 0.717) is 28.0 Å². The molecule has 3 fully saturated rings. The van der Waals surface area contributed by atoms with E-state index in [0.717, 1.165) is 12.8 Å². The minimum atomic E-state index is -0.0499. The molecule has 2 N–H and O–H groups in total. The number of ether oxygens (including phenoxy) is 1. The molecule has 0 aromatic carbocycles. The van der Waals surface area contributed by atoms with Gasteiger partial charge >= 0.3 is 0 Å². The van der Waals surface area contributed by atoms with Gasteiger partial charge in [-0.3, -0.25) is 4.79 Å². The summed E-state index contributed by atoms with van der Waals surface area (Å²) in [6.07, 6.45) is 17.1. The molecule has 1 amide bonds. The second-order valence-corrected chi connectivity index (χ2v) is 10.1. The molecule has 4 heteroatoms. The molecule has 24 heavy (non-hydrogen) atoms. The SMILES string of the molecule is NC(=O)C1CCCC(I)C[C@@H]1C1CCC(OC2CCCCC2)CC1. The summed E-state index contributed by atoms with van der Waals surface area (Å²) in [7, 11) is 0. The zero-order valence-electron chi connectivity index (χ0n) is 14.9. The van der Waals surface area contributed by atoms with Gasteiger partial charge in [0.2, 0.25) is 5.91 Å². The fraction of sp³-hybridized carbons (Fsp3) is 0.950. The molecule has 0 aromatic heterocycles. The molecule has 0 saturated heterocycles. The van der Waals surface area contributed by atoms with Crippen LogP contribution in [0.25, 0.3) is 0 Å². The monoisotopic (exact) mass is 447 g/mol. The second-order valence-electron chi connectivity index (χ2n) is 8.37. The van der Waals surface area contributed by atoms with Crippen molar-refractivity contribution in [3.63, 3.8) is 0 Å². The number of carbonyl (C=O) groups is 1. The molecule has 3 aliphatic rings. The molecule has 0 bridgehead atoms. The van der Waals surface area contributed by atoms with Gasteiger partial charge in [-0.25, -0.2) is 0 Å². The first-order chi connectivity index (χ1) is 11.6. The lowest BCUT2D eigenvalue weighted by Gasteiger charge is -2.38. The van der Waals surface area contributed by atoms with Crippen LogP contribution in [-0.2, 0) is 9.53 Å². The topological polar surface area (TPSA) is 52.3 Å². The van der Waals surface area contributed by atoms with E-state index in [4.69, 9.17) is 10.5 Å². The van der Waals surface area contributed by atoms with Crippen LogP contribution < -0.4 is 5.73 Å². The summed E-state index contributed by atoms with van der Waals surface area (Å²) in [5, 5.41) is 0. The van der Waals surface area contributed by atoms with Gasteiger partial charge < -0.3 is 10.5 Å². The van der Waals surface area contributed by atoms with Crippen LogP contribution >= 0.6 is 22.6 Å². The Morgan fingerprint density at radius 3 is 2.17 bits per heavy atom. The largest absolute Gasteiger partial charge is 0.375 e. The van der Waals surface area contributed by atoms with E-state index < -0.39 is 0 Å². The van der Waals surface area contributed by atoms with Crippen LogP contribution in [0, 0.1) is 17.8 Å². The molecule has 138 valence electrons. The molecule has 3 aliphatic carbocycles. The van der Waals surface area contributed by atoms with Crippen molar-refractivity contribution in [2.45, 2.75) is 99.6 Å². The van der Waals surface area contributed by atoms with Crippen LogP contribution in [0.3, 0.4) is 0 Å². The van der Waals surface area contributed by atoms with Crippen LogP contribution in [0.2, 0.25) is 0 Å². The van der Waals surface area contributed by atoms with Gasteiger partial charge in [0.1, 0.15) is 0 Å². The number of carbonyl (C=O) groups excluding carboxylic acids is 1. The maximum atomic E-state index is 12.0. The summed E-state index contributed by atoms with van der Waals surface area (Å²) in [4.78, 5) is 12.0. The highest BCUT2D eigenvalue weighted by molar-refractivity contribution is 14.1. The van der Waals surface area contributed by atoms with E-state index in [-0.39, 0.29) is 11.8 Å². The van der Waals surface area contributed by atoms with Crippen molar-refractivity contribution in [3.8, 4) is 0 Å². The summed E-state index contributed by atoms with van der Waals surface area (Å²) in [5.41, 5.74) is 5.76. The number of amides is 1. The molecular weight excluding hydrogens is 413 g/mol. The van der Waals surface area contributed by atoms with Crippen molar-refractivity contribution in [3.05, 3.63) is 0 Å². The van der Waals surface area contributed by atoms with Gasteiger partial charge in [-0.15, -0.1) is 0 Å². The van der Waals surface area contributed by atoms with Gasteiger partial charge in [0.05, 0.1) is 12.2 Å². The molecule has 3 nitrogen and oxygen atoms in total. The molecule has 0 heterocycles. The van der Waals surface area contributed by atoms with E-state index in [1.165, 1.54) is 70.6 Å². The number of hydrogen-bond donors (Lipinski definition) is 1. The average molecular weight is 447 g/mol. The third-order valence-corrected chi connectivity index (χ3v) is 7.84. The number of rotatable bonds is 4. The zero-order chi connectivity index (χ0) is 16.9. The van der Waals surface area contributed by atoms with E-state index in [1.807, 2.05) is 0 Å². The van der Waals surface area contributed by atoms with E-state index >= 15 is 0 Å². The number of alkyl halides is 1. The highest BCUT2D eigenvalue weighted by Gasteiger charge is 2.38. The molecule has 0 radical (unpaired) electrons. The fourth-order valence-electron chi connectivity index (χ4n) is 5.35. The minimum absolute atomic E-state index is 0.0499. The van der Waals surface area contributed by atoms with Gasteiger partial charge in [-0.05, 0) is 69.6 Å². The lowest BCUT2D eigenvalue weighted by atomic mass is 9.71. The minimum Gasteiger partial charge on any atom is -0.375 e. The predicted octanol–water partition coefficient (Wildman–Crippen LogP) is 4.99. The first-order valence-electron chi connectivity index (χ1n) is 10.2. The summed E-state index contributed by atoms with van der Waals surface area (Å²) >= 11 is 2.59. The highest BCUT2D eigenvalue weighted by atomic mass is 127. The maximum absolute atomic E-state index is 12.0. The average Bonchev–Trinajstić information content (AvgIpc) is 2.78. The van der Waals surface area contributed by atoms with E-state index in [2.05, 4.69) is 22.6 Å². The fourth-order valence-corrected chi connectivity index (χ4v) is 6.38. The summed E-state index contributed by atoms with van der Waals surface area (Å²) < 4.78 is 7.11. The highest BCUT2D eigenvalue weighted by Crippen LogP contribution is 2.43. The zero-order valence-corrected chi connectivity index (χ0v) is 17.1. The number of primary amides is 1. The summed E-state index contributed by atoms with van der Waals surface area (Å²) in [5.74, 6) is 1.27. The Hall–Kier alpha value is 0.160. The molecule has 0 aliphatic heterocycles. The molecule has 3 saturated carbocycles. The van der Waals surface area contributed by atoms with Crippen LogP contribution in [-0.4, -0.2) is 22.0 Å². The van der Waals surface area contributed by atoms with Crippen molar-refractivity contribution in [2.75, 3.05) is 0 Å². The Balaban J connectivity index is 1.52. The molecular formula is C20H34INO2. The predicted molar refractivity (Wildman–Crippen MR) is 106 cm³/mol. The third-order valence-electron chi connectivity index (χ3n) is 6.70. The van der Waals surface area contributed by atoms with Crippen molar-refractivity contribution in [1.29, 1.82) is 0 Å². The van der Waals surface area contributed by atoms with Gasteiger partial charge in [0.25, 0.3) is 0 Å². The van der Waals surface area contributed by atoms with Crippen LogP contribution in [0.1, 0.15) is 83.5 Å². The standard InChI is InChI=1S/C20H34INO2/c21-15-5-4-8-18(20(22)23)19(13-15)14-9-11-17(12-10-14)24-16-6-2-1-3-7-16/h14-19H,1-13H2,(H2,22,23)/t14?,15?,17?,18?,19-/m1/s1. The molecule has 0 aromatic rings. The van der Waals surface area contributed by atoms with Gasteiger partial charge in [-0.1, -0.05) is 48.3 Å². The van der Waals surface area contributed by atoms with E-state index in [9.17, 15) is 4.79 Å². The molecule has 0 spiro atoms. The lowest BCUT2D eigenvalue weighted by Crippen LogP contribution is -2.37. The van der Waals surface area contributed by atoms with Gasteiger partial charge in [0.15, 0.2) is 0 Å².